The lowest BCUT2D eigenvalue weighted by atomic mass is 10.2. The Kier molecular flexibility index (Phi) is 5.24. The number of carbonyl (C=O) groups excluding carboxylic acids is 1. The third-order valence-corrected chi connectivity index (χ3v) is 3.94. The summed E-state index contributed by atoms with van der Waals surface area (Å²) < 4.78 is 12.7. The van der Waals surface area contributed by atoms with E-state index >= 15 is 0 Å². The molecule has 1 aliphatic heterocycles. The van der Waals surface area contributed by atoms with Crippen LogP contribution in [0, 0.1) is 6.92 Å². The summed E-state index contributed by atoms with van der Waals surface area (Å²) in [5.74, 6) is 0.710. The van der Waals surface area contributed by atoms with Gasteiger partial charge in [0.05, 0.1) is 17.7 Å². The highest BCUT2D eigenvalue weighted by molar-refractivity contribution is 9.11. The second kappa shape index (κ2) is 6.72. The molecule has 6 heteroatoms. The normalized spacial score (nSPS) is 15.4. The molecule has 0 unspecified atom stereocenters. The first-order valence-electron chi connectivity index (χ1n) is 6.02. The van der Waals surface area contributed by atoms with Crippen LogP contribution >= 0.6 is 31.9 Å². The predicted octanol–water partition coefficient (Wildman–Crippen LogP) is 2.76. The number of amides is 1. The van der Waals surface area contributed by atoms with Gasteiger partial charge in [-0.2, -0.15) is 0 Å². The van der Waals surface area contributed by atoms with Gasteiger partial charge in [-0.1, -0.05) is 15.9 Å². The van der Waals surface area contributed by atoms with Crippen LogP contribution in [0.2, 0.25) is 0 Å². The molecule has 2 rings (SSSR count). The van der Waals surface area contributed by atoms with Crippen LogP contribution in [0.25, 0.3) is 0 Å². The summed E-state index contributed by atoms with van der Waals surface area (Å²) in [5, 5.41) is 0. The molecule has 1 aromatic carbocycles. The van der Waals surface area contributed by atoms with E-state index in [0.717, 1.165) is 14.5 Å². The Morgan fingerprint density at radius 3 is 2.68 bits per heavy atom. The maximum absolute atomic E-state index is 12.0. The van der Waals surface area contributed by atoms with E-state index in [1.807, 2.05) is 19.1 Å². The maximum atomic E-state index is 12.0. The fourth-order valence-corrected chi connectivity index (χ4v) is 3.46. The van der Waals surface area contributed by atoms with Crippen LogP contribution in [0.4, 0.5) is 0 Å². The Labute approximate surface area is 129 Å². The molecule has 0 saturated carbocycles. The van der Waals surface area contributed by atoms with E-state index in [9.17, 15) is 4.79 Å². The number of carbonyl (C=O) groups is 1. The second-order valence-corrected chi connectivity index (χ2v) is 6.09. The fraction of sp³-hybridized carbons (Fsp3) is 0.462. The minimum absolute atomic E-state index is 0.00230. The zero-order chi connectivity index (χ0) is 13.8. The van der Waals surface area contributed by atoms with Crippen molar-refractivity contribution in [3.8, 4) is 5.75 Å². The average Bonchev–Trinajstić information content (AvgIpc) is 2.38. The topological polar surface area (TPSA) is 38.8 Å². The van der Waals surface area contributed by atoms with Crippen molar-refractivity contribution < 1.29 is 14.3 Å². The number of ether oxygens (including phenoxy) is 2. The smallest absolute Gasteiger partial charge is 0.260 e. The number of halogens is 2. The van der Waals surface area contributed by atoms with Crippen molar-refractivity contribution in [2.24, 2.45) is 0 Å². The number of aryl methyl sites for hydroxylation is 1. The van der Waals surface area contributed by atoms with Crippen molar-refractivity contribution >= 4 is 37.8 Å². The van der Waals surface area contributed by atoms with Crippen molar-refractivity contribution in [2.75, 3.05) is 32.9 Å². The molecule has 0 aliphatic carbocycles. The summed E-state index contributed by atoms with van der Waals surface area (Å²) in [6.45, 7) is 4.50. The molecule has 0 bridgehead atoms. The quantitative estimate of drug-likeness (QED) is 0.793. The fourth-order valence-electron chi connectivity index (χ4n) is 1.91. The highest BCUT2D eigenvalue weighted by Gasteiger charge is 2.18. The number of hydrogen-bond acceptors (Lipinski definition) is 3. The van der Waals surface area contributed by atoms with E-state index in [4.69, 9.17) is 9.47 Å². The van der Waals surface area contributed by atoms with Crippen molar-refractivity contribution in [1.82, 2.24) is 4.90 Å². The first-order chi connectivity index (χ1) is 9.08. The minimum Gasteiger partial charge on any atom is -0.482 e. The predicted molar refractivity (Wildman–Crippen MR) is 79.5 cm³/mol. The Balaban J connectivity index is 1.96. The molecular formula is C13H15Br2NO3. The Hall–Kier alpha value is -0.590. The molecule has 1 saturated heterocycles. The molecular weight excluding hydrogens is 378 g/mol. The average molecular weight is 393 g/mol. The van der Waals surface area contributed by atoms with Crippen LogP contribution in [-0.4, -0.2) is 43.7 Å². The summed E-state index contributed by atoms with van der Waals surface area (Å²) in [6.07, 6.45) is 0. The van der Waals surface area contributed by atoms with E-state index in [1.165, 1.54) is 0 Å². The van der Waals surface area contributed by atoms with E-state index in [-0.39, 0.29) is 12.5 Å². The SMILES string of the molecule is Cc1cc(Br)cc(Br)c1OCC(=O)N1CCOCC1. The number of benzene rings is 1. The Morgan fingerprint density at radius 1 is 1.37 bits per heavy atom. The number of hydrogen-bond donors (Lipinski definition) is 0. The van der Waals surface area contributed by atoms with Gasteiger partial charge in [-0.15, -0.1) is 0 Å². The van der Waals surface area contributed by atoms with Gasteiger partial charge in [0.25, 0.3) is 5.91 Å². The second-order valence-electron chi connectivity index (χ2n) is 4.32. The Bertz CT molecular complexity index is 450. The van der Waals surface area contributed by atoms with Gasteiger partial charge in [0.2, 0.25) is 0 Å². The molecule has 0 radical (unpaired) electrons. The summed E-state index contributed by atoms with van der Waals surface area (Å²) in [7, 11) is 0. The molecule has 1 aliphatic rings. The van der Waals surface area contributed by atoms with Crippen molar-refractivity contribution in [3.05, 3.63) is 26.6 Å². The van der Waals surface area contributed by atoms with Gasteiger partial charge < -0.3 is 14.4 Å². The van der Waals surface area contributed by atoms with Crippen LogP contribution in [0.1, 0.15) is 5.56 Å². The van der Waals surface area contributed by atoms with Crippen molar-refractivity contribution in [3.63, 3.8) is 0 Å². The van der Waals surface area contributed by atoms with Gasteiger partial charge in [-0.3, -0.25) is 4.79 Å². The molecule has 1 fully saturated rings. The highest BCUT2D eigenvalue weighted by Crippen LogP contribution is 2.32. The van der Waals surface area contributed by atoms with Crippen molar-refractivity contribution in [2.45, 2.75) is 6.92 Å². The molecule has 0 atom stereocenters. The van der Waals surface area contributed by atoms with Crippen LogP contribution in [-0.2, 0) is 9.53 Å². The molecule has 0 spiro atoms. The zero-order valence-electron chi connectivity index (χ0n) is 10.6. The zero-order valence-corrected chi connectivity index (χ0v) is 13.8. The summed E-state index contributed by atoms with van der Waals surface area (Å²) in [6, 6.07) is 3.86. The molecule has 19 heavy (non-hydrogen) atoms. The standard InChI is InChI=1S/C13H15Br2NO3/c1-9-6-10(14)7-11(15)13(9)19-8-12(17)16-2-4-18-5-3-16/h6-7H,2-5,8H2,1H3. The van der Waals surface area contributed by atoms with Crippen molar-refractivity contribution in [1.29, 1.82) is 0 Å². The Morgan fingerprint density at radius 2 is 2.05 bits per heavy atom. The molecule has 1 amide bonds. The van der Waals surface area contributed by atoms with Gasteiger partial charge >= 0.3 is 0 Å². The molecule has 1 aromatic rings. The third-order valence-electron chi connectivity index (χ3n) is 2.90. The summed E-state index contributed by atoms with van der Waals surface area (Å²) in [4.78, 5) is 13.8. The summed E-state index contributed by atoms with van der Waals surface area (Å²) >= 11 is 6.86. The molecule has 104 valence electrons. The third kappa shape index (κ3) is 3.94. The highest BCUT2D eigenvalue weighted by atomic mass is 79.9. The van der Waals surface area contributed by atoms with Gasteiger partial charge in [-0.25, -0.2) is 0 Å². The van der Waals surface area contributed by atoms with E-state index < -0.39 is 0 Å². The largest absolute Gasteiger partial charge is 0.482 e. The number of morpholine rings is 1. The lowest BCUT2D eigenvalue weighted by Crippen LogP contribution is -2.43. The molecule has 0 aromatic heterocycles. The summed E-state index contributed by atoms with van der Waals surface area (Å²) in [5.41, 5.74) is 0.982. The molecule has 1 heterocycles. The lowest BCUT2D eigenvalue weighted by molar-refractivity contribution is -0.137. The van der Waals surface area contributed by atoms with Crippen LogP contribution in [0.3, 0.4) is 0 Å². The van der Waals surface area contributed by atoms with Gasteiger partial charge in [-0.05, 0) is 40.5 Å². The number of rotatable bonds is 3. The van der Waals surface area contributed by atoms with Gasteiger partial charge in [0, 0.05) is 17.6 Å². The lowest BCUT2D eigenvalue weighted by Gasteiger charge is -2.26. The molecule has 0 N–H and O–H groups in total. The van der Waals surface area contributed by atoms with Crippen LogP contribution in [0.15, 0.2) is 21.1 Å². The van der Waals surface area contributed by atoms with Gasteiger partial charge in [0.15, 0.2) is 6.61 Å². The monoisotopic (exact) mass is 391 g/mol. The van der Waals surface area contributed by atoms with Crippen LogP contribution in [0.5, 0.6) is 5.75 Å². The first-order valence-corrected chi connectivity index (χ1v) is 7.60. The number of nitrogens with zero attached hydrogens (tertiary/aromatic N) is 1. The van der Waals surface area contributed by atoms with E-state index in [2.05, 4.69) is 31.9 Å². The molecule has 4 nitrogen and oxygen atoms in total. The maximum Gasteiger partial charge on any atom is 0.260 e. The first kappa shape index (κ1) is 14.8. The van der Waals surface area contributed by atoms with Gasteiger partial charge in [0.1, 0.15) is 5.75 Å². The van der Waals surface area contributed by atoms with E-state index in [0.29, 0.717) is 32.1 Å². The minimum atomic E-state index is -0.00230. The van der Waals surface area contributed by atoms with E-state index in [1.54, 1.807) is 4.90 Å². The van der Waals surface area contributed by atoms with Crippen LogP contribution < -0.4 is 4.74 Å².